The van der Waals surface area contributed by atoms with Gasteiger partial charge < -0.3 is 0 Å². The Hall–Kier alpha value is -0.960. The Kier molecular flexibility index (Phi) is 6.64. The summed E-state index contributed by atoms with van der Waals surface area (Å²) in [5.41, 5.74) is 1.08. The zero-order valence-corrected chi connectivity index (χ0v) is 16.7. The van der Waals surface area contributed by atoms with Gasteiger partial charge in [0.1, 0.15) is 0 Å². The van der Waals surface area contributed by atoms with Crippen molar-refractivity contribution in [2.75, 3.05) is 25.9 Å². The molecule has 0 bridgehead atoms. The summed E-state index contributed by atoms with van der Waals surface area (Å²) in [7, 11) is -6.55. The van der Waals surface area contributed by atoms with E-state index in [2.05, 4.69) is 4.72 Å². The summed E-state index contributed by atoms with van der Waals surface area (Å²) in [6, 6.07) is 6.99. The summed E-state index contributed by atoms with van der Waals surface area (Å²) in [6.07, 6.45) is 3.77. The van der Waals surface area contributed by atoms with Crippen LogP contribution in [-0.2, 0) is 26.5 Å². The molecule has 1 heterocycles. The van der Waals surface area contributed by atoms with Crippen molar-refractivity contribution < 1.29 is 16.8 Å². The van der Waals surface area contributed by atoms with Gasteiger partial charge in [0.2, 0.25) is 20.0 Å². The van der Waals surface area contributed by atoms with Crippen molar-refractivity contribution in [1.82, 2.24) is 9.03 Å². The van der Waals surface area contributed by atoms with E-state index in [1.54, 1.807) is 12.1 Å². The van der Waals surface area contributed by atoms with Gasteiger partial charge in [-0.3, -0.25) is 0 Å². The third-order valence-corrected chi connectivity index (χ3v) is 7.22. The van der Waals surface area contributed by atoms with Crippen molar-refractivity contribution >= 4 is 20.0 Å². The van der Waals surface area contributed by atoms with E-state index in [0.29, 0.717) is 25.6 Å². The topological polar surface area (TPSA) is 83.6 Å². The van der Waals surface area contributed by atoms with E-state index in [1.165, 1.54) is 10.6 Å². The molecule has 25 heavy (non-hydrogen) atoms. The minimum Gasteiger partial charge on any atom is -0.213 e. The zero-order chi connectivity index (χ0) is 18.7. The summed E-state index contributed by atoms with van der Waals surface area (Å²) in [5.74, 6) is 0.686. The van der Waals surface area contributed by atoms with Crippen LogP contribution < -0.4 is 4.72 Å². The molecule has 142 valence electrons. The van der Waals surface area contributed by atoms with Crippen LogP contribution >= 0.6 is 0 Å². The van der Waals surface area contributed by atoms with Gasteiger partial charge in [-0.2, -0.15) is 0 Å². The molecular formula is C17H28N2O4S2. The molecule has 0 aliphatic carbocycles. The number of rotatable bonds is 7. The Bertz CT molecular complexity index is 763. The van der Waals surface area contributed by atoms with E-state index >= 15 is 0 Å². The van der Waals surface area contributed by atoms with Gasteiger partial charge in [-0.1, -0.05) is 26.0 Å². The van der Waals surface area contributed by atoms with Gasteiger partial charge in [-0.25, -0.2) is 25.9 Å². The van der Waals surface area contributed by atoms with Gasteiger partial charge in [0.05, 0.1) is 11.2 Å². The summed E-state index contributed by atoms with van der Waals surface area (Å²) >= 11 is 0. The number of hydrogen-bond acceptors (Lipinski definition) is 4. The molecule has 0 saturated carbocycles. The summed E-state index contributed by atoms with van der Waals surface area (Å²) in [4.78, 5) is 0.281. The third kappa shape index (κ3) is 6.06. The number of benzene rings is 1. The maximum absolute atomic E-state index is 12.2. The fourth-order valence-electron chi connectivity index (χ4n) is 2.94. The molecule has 0 unspecified atom stereocenters. The van der Waals surface area contributed by atoms with E-state index in [9.17, 15) is 16.8 Å². The maximum Gasteiger partial charge on any atom is 0.240 e. The van der Waals surface area contributed by atoms with Gasteiger partial charge in [0, 0.05) is 19.6 Å². The Morgan fingerprint density at radius 3 is 2.12 bits per heavy atom. The fourth-order valence-corrected chi connectivity index (χ4v) is 5.03. The van der Waals surface area contributed by atoms with Gasteiger partial charge in [0.25, 0.3) is 0 Å². The largest absolute Gasteiger partial charge is 0.240 e. The number of hydrogen-bond donors (Lipinski definition) is 1. The number of nitrogens with one attached hydrogen (secondary N) is 1. The van der Waals surface area contributed by atoms with Crippen LogP contribution in [0, 0.1) is 11.8 Å². The fraction of sp³-hybridized carbons (Fsp3) is 0.647. The standard InChI is InChI=1S/C17H28N2O4S2/c1-14(2)13-18-25(22,23)17-6-4-15(5-7-17)12-16-8-10-19(11-9-16)24(3,20)21/h4-7,14,16,18H,8-13H2,1-3H3. The summed E-state index contributed by atoms with van der Waals surface area (Å²) < 4.78 is 51.6. The SMILES string of the molecule is CC(C)CNS(=O)(=O)c1ccc(CC2CCN(S(C)(=O)=O)CC2)cc1. The third-order valence-electron chi connectivity index (χ3n) is 4.48. The van der Waals surface area contributed by atoms with Crippen LogP contribution in [-0.4, -0.2) is 47.0 Å². The normalized spacial score (nSPS) is 17.9. The van der Waals surface area contributed by atoms with E-state index in [1.807, 2.05) is 26.0 Å². The van der Waals surface area contributed by atoms with Crippen LogP contribution in [0.2, 0.25) is 0 Å². The highest BCUT2D eigenvalue weighted by Crippen LogP contribution is 2.23. The van der Waals surface area contributed by atoms with Crippen molar-refractivity contribution in [3.63, 3.8) is 0 Å². The van der Waals surface area contributed by atoms with Gasteiger partial charge in [-0.05, 0) is 48.8 Å². The van der Waals surface area contributed by atoms with E-state index < -0.39 is 20.0 Å². The molecule has 0 aromatic heterocycles. The molecule has 1 aromatic rings. The molecule has 8 heteroatoms. The molecule has 0 amide bonds. The van der Waals surface area contributed by atoms with Crippen molar-refractivity contribution in [2.24, 2.45) is 11.8 Å². The highest BCUT2D eigenvalue weighted by molar-refractivity contribution is 7.89. The average Bonchev–Trinajstić information content (AvgIpc) is 2.53. The first-order valence-electron chi connectivity index (χ1n) is 8.61. The Balaban J connectivity index is 1.93. The highest BCUT2D eigenvalue weighted by Gasteiger charge is 2.25. The van der Waals surface area contributed by atoms with Crippen LogP contribution in [0.3, 0.4) is 0 Å². The zero-order valence-electron chi connectivity index (χ0n) is 15.1. The molecule has 0 spiro atoms. The Labute approximate surface area is 151 Å². The van der Waals surface area contributed by atoms with Crippen molar-refractivity contribution in [3.8, 4) is 0 Å². The molecule has 1 N–H and O–H groups in total. The summed E-state index contributed by atoms with van der Waals surface area (Å²) in [6.45, 7) is 5.47. The van der Waals surface area contributed by atoms with Crippen molar-refractivity contribution in [3.05, 3.63) is 29.8 Å². The van der Waals surface area contributed by atoms with Crippen LogP contribution in [0.25, 0.3) is 0 Å². The first-order chi connectivity index (χ1) is 11.6. The highest BCUT2D eigenvalue weighted by atomic mass is 32.2. The molecule has 0 radical (unpaired) electrons. The van der Waals surface area contributed by atoms with Crippen LogP contribution in [0.15, 0.2) is 29.2 Å². The predicted molar refractivity (Wildman–Crippen MR) is 99.3 cm³/mol. The molecule has 1 aliphatic rings. The Morgan fingerprint density at radius 1 is 1.08 bits per heavy atom. The minimum atomic E-state index is -3.45. The Morgan fingerprint density at radius 2 is 1.64 bits per heavy atom. The second-order valence-electron chi connectivity index (χ2n) is 7.20. The van der Waals surface area contributed by atoms with E-state index in [0.717, 1.165) is 24.8 Å². The first kappa shape index (κ1) is 20.4. The molecule has 1 saturated heterocycles. The molecule has 1 aromatic carbocycles. The van der Waals surface area contributed by atoms with Crippen molar-refractivity contribution in [1.29, 1.82) is 0 Å². The lowest BCUT2D eigenvalue weighted by atomic mass is 9.91. The lowest BCUT2D eigenvalue weighted by Gasteiger charge is -2.30. The minimum absolute atomic E-state index is 0.256. The van der Waals surface area contributed by atoms with Gasteiger partial charge in [0.15, 0.2) is 0 Å². The monoisotopic (exact) mass is 388 g/mol. The predicted octanol–water partition coefficient (Wildman–Crippen LogP) is 1.83. The lowest BCUT2D eigenvalue weighted by Crippen LogP contribution is -2.38. The second kappa shape index (κ2) is 8.16. The quantitative estimate of drug-likeness (QED) is 0.772. The average molecular weight is 389 g/mol. The molecule has 2 rings (SSSR count). The van der Waals surface area contributed by atoms with E-state index in [4.69, 9.17) is 0 Å². The number of piperidine rings is 1. The van der Waals surface area contributed by atoms with Crippen LogP contribution in [0.4, 0.5) is 0 Å². The van der Waals surface area contributed by atoms with Crippen molar-refractivity contribution in [2.45, 2.75) is 38.0 Å². The number of sulfonamides is 2. The molecule has 1 aliphatic heterocycles. The molecule has 6 nitrogen and oxygen atoms in total. The molecular weight excluding hydrogens is 360 g/mol. The van der Waals surface area contributed by atoms with E-state index in [-0.39, 0.29) is 10.8 Å². The first-order valence-corrected chi connectivity index (χ1v) is 11.9. The lowest BCUT2D eigenvalue weighted by molar-refractivity contribution is 0.274. The number of nitrogens with zero attached hydrogens (tertiary/aromatic N) is 1. The second-order valence-corrected chi connectivity index (χ2v) is 10.9. The van der Waals surface area contributed by atoms with Gasteiger partial charge >= 0.3 is 0 Å². The smallest absolute Gasteiger partial charge is 0.213 e. The maximum atomic E-state index is 12.2. The molecule has 0 atom stereocenters. The summed E-state index contributed by atoms with van der Waals surface area (Å²) in [5, 5.41) is 0. The molecule has 1 fully saturated rings. The van der Waals surface area contributed by atoms with Crippen LogP contribution in [0.1, 0.15) is 32.3 Å². The van der Waals surface area contributed by atoms with Gasteiger partial charge in [-0.15, -0.1) is 0 Å². The van der Waals surface area contributed by atoms with Crippen LogP contribution in [0.5, 0.6) is 0 Å².